The maximum absolute atomic E-state index is 12.3. The molecule has 0 saturated carbocycles. The van der Waals surface area contributed by atoms with Gasteiger partial charge in [0.1, 0.15) is 5.75 Å². The lowest BCUT2D eigenvalue weighted by atomic mass is 9.98. The highest BCUT2D eigenvalue weighted by molar-refractivity contribution is 6.04. The highest BCUT2D eigenvalue weighted by Crippen LogP contribution is 2.21. The molecule has 0 aromatic heterocycles. The van der Waals surface area contributed by atoms with Crippen molar-refractivity contribution in [3.63, 3.8) is 0 Å². The summed E-state index contributed by atoms with van der Waals surface area (Å²) < 4.78 is 5.42. The van der Waals surface area contributed by atoms with Gasteiger partial charge in [-0.05, 0) is 55.2 Å². The number of nitrogens with one attached hydrogen (secondary N) is 1. The van der Waals surface area contributed by atoms with Crippen molar-refractivity contribution in [1.29, 1.82) is 0 Å². The average Bonchev–Trinajstić information content (AvgIpc) is 2.55. The first-order valence-electron chi connectivity index (χ1n) is 7.78. The first-order valence-corrected chi connectivity index (χ1v) is 7.78. The molecule has 0 radical (unpaired) electrons. The number of rotatable bonds is 6. The van der Waals surface area contributed by atoms with Gasteiger partial charge < -0.3 is 10.1 Å². The molecule has 2 rings (SSSR count). The Bertz CT molecular complexity index is 620. The molecule has 2 aromatic rings. The van der Waals surface area contributed by atoms with Gasteiger partial charge in [-0.2, -0.15) is 0 Å². The monoisotopic (exact) mass is 297 g/mol. The van der Waals surface area contributed by atoms with Crippen LogP contribution in [0.1, 0.15) is 49.0 Å². The summed E-state index contributed by atoms with van der Waals surface area (Å²) >= 11 is 0. The second kappa shape index (κ2) is 7.64. The van der Waals surface area contributed by atoms with Crippen molar-refractivity contribution in [2.45, 2.75) is 33.1 Å². The van der Waals surface area contributed by atoms with Gasteiger partial charge in [0.25, 0.3) is 5.91 Å². The van der Waals surface area contributed by atoms with Crippen molar-refractivity contribution in [3.05, 3.63) is 59.7 Å². The second-order valence-electron chi connectivity index (χ2n) is 5.35. The zero-order valence-electron chi connectivity index (χ0n) is 13.4. The number of amides is 1. The minimum atomic E-state index is -0.127. The number of hydrogen-bond donors (Lipinski definition) is 1. The van der Waals surface area contributed by atoms with Gasteiger partial charge in [-0.25, -0.2) is 0 Å². The van der Waals surface area contributed by atoms with E-state index in [0.29, 0.717) is 23.8 Å². The summed E-state index contributed by atoms with van der Waals surface area (Å²) in [5.41, 5.74) is 2.69. The van der Waals surface area contributed by atoms with E-state index in [4.69, 9.17) is 4.74 Å². The Labute approximate surface area is 132 Å². The van der Waals surface area contributed by atoms with E-state index >= 15 is 0 Å². The van der Waals surface area contributed by atoms with Crippen LogP contribution >= 0.6 is 0 Å². The van der Waals surface area contributed by atoms with Crippen molar-refractivity contribution in [2.24, 2.45) is 0 Å². The maximum Gasteiger partial charge on any atom is 0.255 e. The molecule has 0 bridgehead atoms. The van der Waals surface area contributed by atoms with Crippen LogP contribution in [0.25, 0.3) is 0 Å². The maximum atomic E-state index is 12.3. The smallest absolute Gasteiger partial charge is 0.255 e. The minimum absolute atomic E-state index is 0.127. The second-order valence-corrected chi connectivity index (χ2v) is 5.35. The van der Waals surface area contributed by atoms with E-state index in [1.54, 1.807) is 12.1 Å². The molecular formula is C19H23NO2. The quantitative estimate of drug-likeness (QED) is 0.827. The van der Waals surface area contributed by atoms with Gasteiger partial charge in [0, 0.05) is 11.3 Å². The lowest BCUT2D eigenvalue weighted by molar-refractivity contribution is 0.102. The zero-order chi connectivity index (χ0) is 15.9. The van der Waals surface area contributed by atoms with Crippen molar-refractivity contribution in [3.8, 4) is 5.75 Å². The number of carbonyl (C=O) groups excluding carboxylic acids is 1. The topological polar surface area (TPSA) is 38.3 Å². The SMILES string of the molecule is CCOc1cccc(C(=O)Nc2ccc([C@H](C)CC)cc2)c1. The van der Waals surface area contributed by atoms with Gasteiger partial charge in [0.15, 0.2) is 0 Å². The Kier molecular flexibility index (Phi) is 5.59. The molecule has 0 aliphatic rings. The van der Waals surface area contributed by atoms with Crippen molar-refractivity contribution < 1.29 is 9.53 Å². The summed E-state index contributed by atoms with van der Waals surface area (Å²) in [6.07, 6.45) is 1.11. The van der Waals surface area contributed by atoms with Crippen molar-refractivity contribution in [2.75, 3.05) is 11.9 Å². The Morgan fingerprint density at radius 1 is 1.14 bits per heavy atom. The average molecular weight is 297 g/mol. The lowest BCUT2D eigenvalue weighted by Gasteiger charge is -2.11. The Morgan fingerprint density at radius 2 is 1.86 bits per heavy atom. The Balaban J connectivity index is 2.06. The normalized spacial score (nSPS) is 11.8. The predicted octanol–water partition coefficient (Wildman–Crippen LogP) is 4.85. The molecule has 0 aliphatic carbocycles. The van der Waals surface area contributed by atoms with E-state index in [1.165, 1.54) is 5.56 Å². The van der Waals surface area contributed by atoms with Crippen molar-refractivity contribution in [1.82, 2.24) is 0 Å². The van der Waals surface area contributed by atoms with Gasteiger partial charge in [0.05, 0.1) is 6.61 Å². The number of carbonyl (C=O) groups is 1. The van der Waals surface area contributed by atoms with Crippen LogP contribution in [0.2, 0.25) is 0 Å². The van der Waals surface area contributed by atoms with Crippen LogP contribution in [-0.2, 0) is 0 Å². The molecule has 1 N–H and O–H groups in total. The van der Waals surface area contributed by atoms with E-state index in [2.05, 4.69) is 31.3 Å². The summed E-state index contributed by atoms with van der Waals surface area (Å²) in [5, 5.41) is 2.92. The van der Waals surface area contributed by atoms with E-state index in [-0.39, 0.29) is 5.91 Å². The zero-order valence-corrected chi connectivity index (χ0v) is 13.4. The van der Waals surface area contributed by atoms with Crippen LogP contribution in [0.5, 0.6) is 5.75 Å². The fourth-order valence-electron chi connectivity index (χ4n) is 2.23. The third kappa shape index (κ3) is 4.10. The van der Waals surface area contributed by atoms with Crippen LogP contribution in [0.4, 0.5) is 5.69 Å². The van der Waals surface area contributed by atoms with E-state index in [9.17, 15) is 4.79 Å². The molecule has 0 saturated heterocycles. The molecule has 0 heterocycles. The van der Waals surface area contributed by atoms with Gasteiger partial charge >= 0.3 is 0 Å². The van der Waals surface area contributed by atoms with Gasteiger partial charge in [-0.1, -0.05) is 32.0 Å². The Hall–Kier alpha value is -2.29. The standard InChI is InChI=1S/C19H23NO2/c1-4-14(3)15-9-11-17(12-10-15)20-19(21)16-7-6-8-18(13-16)22-5-2/h6-14H,4-5H2,1-3H3,(H,20,21)/t14-/m1/s1. The summed E-state index contributed by atoms with van der Waals surface area (Å²) in [7, 11) is 0. The summed E-state index contributed by atoms with van der Waals surface area (Å²) in [4.78, 5) is 12.3. The highest BCUT2D eigenvalue weighted by atomic mass is 16.5. The molecule has 1 amide bonds. The van der Waals surface area contributed by atoms with E-state index < -0.39 is 0 Å². The number of hydrogen-bond acceptors (Lipinski definition) is 2. The van der Waals surface area contributed by atoms with Crippen LogP contribution < -0.4 is 10.1 Å². The van der Waals surface area contributed by atoms with E-state index in [0.717, 1.165) is 12.1 Å². The predicted molar refractivity (Wildman–Crippen MR) is 90.7 cm³/mol. The number of benzene rings is 2. The molecule has 0 spiro atoms. The van der Waals surface area contributed by atoms with E-state index in [1.807, 2.05) is 31.2 Å². The fourth-order valence-corrected chi connectivity index (χ4v) is 2.23. The molecule has 22 heavy (non-hydrogen) atoms. The summed E-state index contributed by atoms with van der Waals surface area (Å²) in [6.45, 7) is 6.88. The third-order valence-electron chi connectivity index (χ3n) is 3.76. The molecule has 0 aliphatic heterocycles. The van der Waals surface area contributed by atoms with Crippen LogP contribution in [0.15, 0.2) is 48.5 Å². The minimum Gasteiger partial charge on any atom is -0.494 e. The molecule has 1 atom stereocenters. The summed E-state index contributed by atoms with van der Waals surface area (Å²) in [6, 6.07) is 15.3. The molecule has 2 aromatic carbocycles. The summed E-state index contributed by atoms with van der Waals surface area (Å²) in [5.74, 6) is 1.12. The molecule has 116 valence electrons. The molecule has 0 unspecified atom stereocenters. The highest BCUT2D eigenvalue weighted by Gasteiger charge is 2.08. The third-order valence-corrected chi connectivity index (χ3v) is 3.76. The first kappa shape index (κ1) is 16.1. The van der Waals surface area contributed by atoms with Gasteiger partial charge in [0.2, 0.25) is 0 Å². The molecule has 3 heteroatoms. The number of anilines is 1. The molecule has 0 fully saturated rings. The van der Waals surface area contributed by atoms with Crippen LogP contribution in [0, 0.1) is 0 Å². The van der Waals surface area contributed by atoms with Gasteiger partial charge in [-0.3, -0.25) is 4.79 Å². The molecule has 3 nitrogen and oxygen atoms in total. The largest absolute Gasteiger partial charge is 0.494 e. The molecular weight excluding hydrogens is 274 g/mol. The first-order chi connectivity index (χ1) is 10.6. The van der Waals surface area contributed by atoms with Crippen LogP contribution in [-0.4, -0.2) is 12.5 Å². The lowest BCUT2D eigenvalue weighted by Crippen LogP contribution is -2.12. The number of ether oxygens (including phenoxy) is 1. The van der Waals surface area contributed by atoms with Crippen molar-refractivity contribution >= 4 is 11.6 Å². The van der Waals surface area contributed by atoms with Crippen LogP contribution in [0.3, 0.4) is 0 Å². The van der Waals surface area contributed by atoms with Gasteiger partial charge in [-0.15, -0.1) is 0 Å². The Morgan fingerprint density at radius 3 is 2.50 bits per heavy atom. The fraction of sp³-hybridized carbons (Fsp3) is 0.316.